The lowest BCUT2D eigenvalue weighted by Gasteiger charge is -2.15. The van der Waals surface area contributed by atoms with Crippen LogP contribution in [0.1, 0.15) is 23.7 Å². The molecule has 6 heteroatoms. The molecule has 0 saturated carbocycles. The fourth-order valence-corrected chi connectivity index (χ4v) is 2.52. The highest BCUT2D eigenvalue weighted by Gasteiger charge is 2.25. The predicted molar refractivity (Wildman–Crippen MR) is 72.8 cm³/mol. The molecule has 3 N–H and O–H groups in total. The molecule has 3 rings (SSSR count). The Kier molecular flexibility index (Phi) is 3.40. The van der Waals surface area contributed by atoms with Crippen molar-refractivity contribution in [3.8, 4) is 11.5 Å². The van der Waals surface area contributed by atoms with Crippen LogP contribution in [-0.4, -0.2) is 32.0 Å². The van der Waals surface area contributed by atoms with Crippen LogP contribution in [0.15, 0.2) is 12.1 Å². The maximum absolute atomic E-state index is 12.2. The molecule has 0 aromatic heterocycles. The number of carbonyl (C=O) groups is 1. The van der Waals surface area contributed by atoms with Crippen LogP contribution < -0.4 is 20.5 Å². The van der Waals surface area contributed by atoms with Gasteiger partial charge in [-0.3, -0.25) is 4.79 Å². The molecule has 2 unspecified atom stereocenters. The number of benzene rings is 1. The molecule has 1 saturated heterocycles. The number of ether oxygens (including phenoxy) is 3. The number of nitrogens with one attached hydrogen (secondary N) is 1. The van der Waals surface area contributed by atoms with Gasteiger partial charge in [-0.1, -0.05) is 0 Å². The molecule has 2 aliphatic heterocycles. The molecule has 0 spiro atoms. The molecule has 2 aliphatic rings. The fourth-order valence-electron chi connectivity index (χ4n) is 2.52. The molecule has 1 aromatic rings. The van der Waals surface area contributed by atoms with E-state index in [1.54, 1.807) is 12.1 Å². The Balaban J connectivity index is 1.68. The second kappa shape index (κ2) is 5.20. The van der Waals surface area contributed by atoms with Crippen LogP contribution in [0.4, 0.5) is 5.69 Å². The van der Waals surface area contributed by atoms with Crippen molar-refractivity contribution in [3.63, 3.8) is 0 Å². The molecule has 0 aliphatic carbocycles. The van der Waals surface area contributed by atoms with Gasteiger partial charge in [0, 0.05) is 30.8 Å². The molecular weight excluding hydrogens is 260 g/mol. The number of hydrogen-bond donors (Lipinski definition) is 2. The Labute approximate surface area is 117 Å². The minimum absolute atomic E-state index is 0.163. The van der Waals surface area contributed by atoms with Crippen molar-refractivity contribution in [2.24, 2.45) is 5.92 Å². The van der Waals surface area contributed by atoms with E-state index in [1.165, 1.54) is 0 Å². The van der Waals surface area contributed by atoms with Gasteiger partial charge >= 0.3 is 0 Å². The Morgan fingerprint density at radius 2 is 2.15 bits per heavy atom. The molecule has 6 nitrogen and oxygen atoms in total. The van der Waals surface area contributed by atoms with Gasteiger partial charge in [-0.05, 0) is 19.4 Å². The van der Waals surface area contributed by atoms with E-state index in [4.69, 9.17) is 19.9 Å². The van der Waals surface area contributed by atoms with Gasteiger partial charge < -0.3 is 25.3 Å². The summed E-state index contributed by atoms with van der Waals surface area (Å²) >= 11 is 0. The average Bonchev–Trinajstić information content (AvgIpc) is 3.03. The number of amides is 1. The van der Waals surface area contributed by atoms with Gasteiger partial charge in [0.15, 0.2) is 11.5 Å². The fraction of sp³-hybridized carbons (Fsp3) is 0.500. The van der Waals surface area contributed by atoms with Crippen molar-refractivity contribution in [2.75, 3.05) is 25.7 Å². The van der Waals surface area contributed by atoms with Crippen LogP contribution in [0.2, 0.25) is 0 Å². The first-order valence-corrected chi connectivity index (χ1v) is 6.74. The van der Waals surface area contributed by atoms with E-state index in [1.807, 2.05) is 6.92 Å². The van der Waals surface area contributed by atoms with Gasteiger partial charge in [0.2, 0.25) is 6.79 Å². The molecule has 1 aromatic carbocycles. The van der Waals surface area contributed by atoms with E-state index in [0.29, 0.717) is 35.2 Å². The molecule has 108 valence electrons. The third-order valence-corrected chi connectivity index (χ3v) is 3.85. The Morgan fingerprint density at radius 3 is 2.85 bits per heavy atom. The smallest absolute Gasteiger partial charge is 0.253 e. The molecule has 1 fully saturated rings. The number of rotatable bonds is 3. The zero-order valence-corrected chi connectivity index (χ0v) is 11.3. The topological polar surface area (TPSA) is 82.8 Å². The Hall–Kier alpha value is -1.95. The van der Waals surface area contributed by atoms with Crippen molar-refractivity contribution < 1.29 is 19.0 Å². The molecule has 1 amide bonds. The Morgan fingerprint density at radius 1 is 1.40 bits per heavy atom. The van der Waals surface area contributed by atoms with Gasteiger partial charge in [-0.2, -0.15) is 0 Å². The standard InChI is InChI=1S/C14H18N2O4/c1-8-9(2-3-18-8)6-16-14(17)10-4-12-13(5-11(10)15)20-7-19-12/h4-5,8-9H,2-3,6-7,15H2,1H3,(H,16,17). The maximum atomic E-state index is 12.2. The lowest BCUT2D eigenvalue weighted by Crippen LogP contribution is -2.32. The second-order valence-electron chi connectivity index (χ2n) is 5.13. The largest absolute Gasteiger partial charge is 0.454 e. The number of nitrogens with two attached hydrogens (primary N) is 1. The van der Waals surface area contributed by atoms with Gasteiger partial charge in [0.1, 0.15) is 0 Å². The summed E-state index contributed by atoms with van der Waals surface area (Å²) in [4.78, 5) is 12.2. The zero-order valence-electron chi connectivity index (χ0n) is 11.3. The first-order valence-electron chi connectivity index (χ1n) is 6.74. The van der Waals surface area contributed by atoms with Gasteiger partial charge in [-0.15, -0.1) is 0 Å². The third-order valence-electron chi connectivity index (χ3n) is 3.85. The summed E-state index contributed by atoms with van der Waals surface area (Å²) in [7, 11) is 0. The summed E-state index contributed by atoms with van der Waals surface area (Å²) in [5, 5.41) is 2.91. The zero-order chi connectivity index (χ0) is 14.1. The molecule has 0 radical (unpaired) electrons. The lowest BCUT2D eigenvalue weighted by molar-refractivity contribution is 0.0907. The number of carbonyl (C=O) groups excluding carboxylic acids is 1. The lowest BCUT2D eigenvalue weighted by atomic mass is 10.0. The van der Waals surface area contributed by atoms with Crippen LogP contribution in [0, 0.1) is 5.92 Å². The monoisotopic (exact) mass is 278 g/mol. The molecule has 20 heavy (non-hydrogen) atoms. The van der Waals surface area contributed by atoms with E-state index < -0.39 is 0 Å². The number of nitrogen functional groups attached to an aromatic ring is 1. The first-order chi connectivity index (χ1) is 9.65. The first kappa shape index (κ1) is 13.1. The van der Waals surface area contributed by atoms with E-state index >= 15 is 0 Å². The van der Waals surface area contributed by atoms with Crippen molar-refractivity contribution in [2.45, 2.75) is 19.4 Å². The highest BCUT2D eigenvalue weighted by atomic mass is 16.7. The van der Waals surface area contributed by atoms with Crippen molar-refractivity contribution in [1.29, 1.82) is 0 Å². The van der Waals surface area contributed by atoms with Gasteiger partial charge in [-0.25, -0.2) is 0 Å². The predicted octanol–water partition coefficient (Wildman–Crippen LogP) is 1.15. The molecular formula is C14H18N2O4. The maximum Gasteiger partial charge on any atom is 0.253 e. The quantitative estimate of drug-likeness (QED) is 0.810. The SMILES string of the molecule is CC1OCCC1CNC(=O)c1cc2c(cc1N)OCO2. The average molecular weight is 278 g/mol. The van der Waals surface area contributed by atoms with Gasteiger partial charge in [0.25, 0.3) is 5.91 Å². The molecule has 2 atom stereocenters. The number of anilines is 1. The highest BCUT2D eigenvalue weighted by molar-refractivity contribution is 6.00. The summed E-state index contributed by atoms with van der Waals surface area (Å²) in [6.07, 6.45) is 1.15. The van der Waals surface area contributed by atoms with Crippen LogP contribution in [0.5, 0.6) is 11.5 Å². The van der Waals surface area contributed by atoms with Crippen LogP contribution in [-0.2, 0) is 4.74 Å². The van der Waals surface area contributed by atoms with Crippen molar-refractivity contribution in [1.82, 2.24) is 5.32 Å². The molecule has 2 heterocycles. The summed E-state index contributed by atoms with van der Waals surface area (Å²) in [5.41, 5.74) is 6.69. The van der Waals surface area contributed by atoms with Crippen LogP contribution in [0.3, 0.4) is 0 Å². The van der Waals surface area contributed by atoms with E-state index in [2.05, 4.69) is 5.32 Å². The summed E-state index contributed by atoms with van der Waals surface area (Å²) in [6.45, 7) is 3.54. The number of hydrogen-bond acceptors (Lipinski definition) is 5. The Bertz CT molecular complexity index is 532. The van der Waals surface area contributed by atoms with Crippen molar-refractivity contribution >= 4 is 11.6 Å². The second-order valence-corrected chi connectivity index (χ2v) is 5.13. The third kappa shape index (κ3) is 2.38. The minimum atomic E-state index is -0.195. The van der Waals surface area contributed by atoms with Crippen molar-refractivity contribution in [3.05, 3.63) is 17.7 Å². The summed E-state index contributed by atoms with van der Waals surface area (Å²) in [6, 6.07) is 3.25. The summed E-state index contributed by atoms with van der Waals surface area (Å²) in [5.74, 6) is 1.30. The summed E-state index contributed by atoms with van der Waals surface area (Å²) < 4.78 is 16.0. The van der Waals surface area contributed by atoms with Crippen LogP contribution >= 0.6 is 0 Å². The van der Waals surface area contributed by atoms with E-state index in [0.717, 1.165) is 13.0 Å². The van der Waals surface area contributed by atoms with Gasteiger partial charge in [0.05, 0.1) is 11.7 Å². The molecule has 0 bridgehead atoms. The number of fused-ring (bicyclic) bond motifs is 1. The van der Waals surface area contributed by atoms with E-state index in [9.17, 15) is 4.79 Å². The van der Waals surface area contributed by atoms with Crippen LogP contribution in [0.25, 0.3) is 0 Å². The minimum Gasteiger partial charge on any atom is -0.454 e. The van der Waals surface area contributed by atoms with E-state index in [-0.39, 0.29) is 18.8 Å². The normalized spacial score (nSPS) is 23.9. The highest BCUT2D eigenvalue weighted by Crippen LogP contribution is 2.35.